The summed E-state index contributed by atoms with van der Waals surface area (Å²) in [5.74, 6) is 0. The van der Waals surface area contributed by atoms with Crippen molar-refractivity contribution in [2.75, 3.05) is 37.0 Å². The van der Waals surface area contributed by atoms with Gasteiger partial charge in [-0.15, -0.1) is 0 Å². The number of hydrogen-bond donors (Lipinski definition) is 0. The largest absolute Gasteiger partial charge is 0.373 e. The molecule has 2 nitrogen and oxygen atoms in total. The van der Waals surface area contributed by atoms with Gasteiger partial charge in [-0.2, -0.15) is 0 Å². The fourth-order valence-electron chi connectivity index (χ4n) is 8.63. The Labute approximate surface area is 295 Å². The Morgan fingerprint density at radius 3 is 1.06 bits per heavy atom. The molecule has 0 aliphatic carbocycles. The quantitative estimate of drug-likeness (QED) is 0.169. The molecule has 1 spiro atoms. The van der Waals surface area contributed by atoms with E-state index in [-0.39, 0.29) is 5.41 Å². The van der Waals surface area contributed by atoms with Crippen LogP contribution in [-0.4, -0.2) is 27.2 Å². The molecule has 2 heterocycles. The van der Waals surface area contributed by atoms with Gasteiger partial charge in [-0.3, -0.25) is 0 Å². The number of hydrogen-bond acceptors (Lipinski definition) is 2. The Kier molecular flexibility index (Phi) is 8.65. The predicted molar refractivity (Wildman–Crippen MR) is 216 cm³/mol. The Bertz CT molecular complexity index is 1850. The Morgan fingerprint density at radius 2 is 0.755 bits per heavy atom. The molecule has 0 amide bonds. The summed E-state index contributed by atoms with van der Waals surface area (Å²) in [7, 11) is 3.31. The van der Waals surface area contributed by atoms with E-state index in [1.807, 2.05) is 0 Å². The summed E-state index contributed by atoms with van der Waals surface area (Å²) in [6.07, 6.45) is 2.18. The molecule has 6 aromatic carbocycles. The molecule has 0 atom stereocenters. The van der Waals surface area contributed by atoms with Gasteiger partial charge in [-0.05, 0) is 87.0 Å². The molecule has 0 bridgehead atoms. The van der Waals surface area contributed by atoms with E-state index in [1.54, 1.807) is 0 Å². The second-order valence-corrected chi connectivity index (χ2v) is 18.5. The normalized spacial score (nSPS) is 15.1. The van der Waals surface area contributed by atoms with Crippen LogP contribution in [0.15, 0.2) is 146 Å². The molecule has 2 aliphatic heterocycles. The van der Waals surface area contributed by atoms with Gasteiger partial charge in [-0.1, -0.05) is 145 Å². The zero-order valence-corrected chi connectivity index (χ0v) is 30.8. The smallest absolute Gasteiger partial charge is 0.0481 e. The number of anilines is 2. The molecule has 0 N–H and O–H groups in total. The van der Waals surface area contributed by atoms with E-state index < -0.39 is 15.8 Å². The van der Waals surface area contributed by atoms with Crippen LogP contribution in [0.4, 0.5) is 11.4 Å². The Hall–Kier alpha value is -4.22. The fraction of sp³-hybridized carbons (Fsp3) is 0.200. The van der Waals surface area contributed by atoms with Crippen LogP contribution in [0.1, 0.15) is 22.3 Å². The van der Waals surface area contributed by atoms with Crippen LogP contribution in [0, 0.1) is 19.3 Å². The van der Waals surface area contributed by atoms with Crippen molar-refractivity contribution in [3.8, 4) is 0 Å². The SMILES string of the molecule is Cc1cc2c(c(P(c3ccccc3)c3ccccc3)c1)N(C)CC1(C2)Cc2cc(C)cc(P(c3ccccc3)c3ccccc3)c2N(C)C1. The molecule has 0 saturated carbocycles. The van der Waals surface area contributed by atoms with E-state index in [9.17, 15) is 0 Å². The maximum atomic E-state index is 2.62. The number of nitrogens with zero attached hydrogens (tertiary/aromatic N) is 2. The first-order chi connectivity index (χ1) is 23.9. The lowest BCUT2D eigenvalue weighted by atomic mass is 9.70. The van der Waals surface area contributed by atoms with Crippen LogP contribution in [0.5, 0.6) is 0 Å². The van der Waals surface area contributed by atoms with E-state index in [0.29, 0.717) is 0 Å². The lowest BCUT2D eigenvalue weighted by molar-refractivity contribution is 0.275. The summed E-state index contributed by atoms with van der Waals surface area (Å²) < 4.78 is 0. The molecular formula is C45H44N2P2. The lowest BCUT2D eigenvalue weighted by Gasteiger charge is -2.50. The first-order valence-corrected chi connectivity index (χ1v) is 20.1. The zero-order valence-electron chi connectivity index (χ0n) is 29.0. The van der Waals surface area contributed by atoms with Crippen molar-refractivity contribution in [2.45, 2.75) is 26.7 Å². The van der Waals surface area contributed by atoms with Crippen molar-refractivity contribution in [1.29, 1.82) is 0 Å². The van der Waals surface area contributed by atoms with Gasteiger partial charge in [-0.25, -0.2) is 0 Å². The molecule has 6 aromatic rings. The summed E-state index contributed by atoms with van der Waals surface area (Å²) >= 11 is 0. The standard InChI is InChI=1S/C45H44N2P2/c1-33-25-35-29-45(31-46(3)43(35)41(27-33)48(37-17-9-5-10-18-37)38-19-11-6-12-20-38)30-36-26-34(2)28-42(44(36)47(4)32-45)49(39-21-13-7-14-22-39)40-23-15-8-16-24-40/h5-28H,29-32H2,1-4H3. The average Bonchev–Trinajstić information content (AvgIpc) is 3.09. The van der Waals surface area contributed by atoms with Crippen molar-refractivity contribution in [1.82, 2.24) is 0 Å². The van der Waals surface area contributed by atoms with E-state index in [2.05, 4.69) is 183 Å². The van der Waals surface area contributed by atoms with E-state index in [1.165, 1.54) is 65.5 Å². The number of rotatable bonds is 6. The minimum Gasteiger partial charge on any atom is -0.373 e. The summed E-state index contributed by atoms with van der Waals surface area (Å²) in [6.45, 7) is 6.67. The predicted octanol–water partition coefficient (Wildman–Crippen LogP) is 7.49. The van der Waals surface area contributed by atoms with Crippen molar-refractivity contribution in [3.05, 3.63) is 168 Å². The highest BCUT2D eigenvalue weighted by atomic mass is 31.1. The molecule has 4 heteroatoms. The molecule has 49 heavy (non-hydrogen) atoms. The van der Waals surface area contributed by atoms with Gasteiger partial charge in [0.05, 0.1) is 0 Å². The summed E-state index contributed by atoms with van der Waals surface area (Å²) in [5.41, 5.74) is 8.75. The summed E-state index contributed by atoms with van der Waals surface area (Å²) in [6, 6.07) is 54.6. The first-order valence-electron chi connectivity index (χ1n) is 17.4. The van der Waals surface area contributed by atoms with Crippen molar-refractivity contribution >= 4 is 59.0 Å². The maximum absolute atomic E-state index is 2.62. The number of aryl methyl sites for hydroxylation is 2. The first kappa shape index (κ1) is 32.0. The zero-order chi connectivity index (χ0) is 33.5. The summed E-state index contributed by atoms with van der Waals surface area (Å²) in [4.78, 5) is 5.23. The number of benzene rings is 6. The van der Waals surface area contributed by atoms with Gasteiger partial charge in [0, 0.05) is 54.6 Å². The van der Waals surface area contributed by atoms with E-state index in [0.717, 1.165) is 25.9 Å². The monoisotopic (exact) mass is 674 g/mol. The second kappa shape index (κ2) is 13.2. The highest BCUT2D eigenvalue weighted by molar-refractivity contribution is 7.80. The molecular weight excluding hydrogens is 630 g/mol. The third-order valence-corrected chi connectivity index (χ3v) is 15.1. The Morgan fingerprint density at radius 1 is 0.449 bits per heavy atom. The third kappa shape index (κ3) is 6.12. The minimum absolute atomic E-state index is 0.129. The van der Waals surface area contributed by atoms with Gasteiger partial charge in [0.2, 0.25) is 0 Å². The summed E-state index contributed by atoms with van der Waals surface area (Å²) in [5, 5.41) is 8.61. The van der Waals surface area contributed by atoms with Crippen LogP contribution in [0.25, 0.3) is 0 Å². The molecule has 0 unspecified atom stereocenters. The third-order valence-electron chi connectivity index (χ3n) is 10.2. The molecule has 8 rings (SSSR count). The van der Waals surface area contributed by atoms with Gasteiger partial charge < -0.3 is 9.80 Å². The second-order valence-electron chi connectivity index (χ2n) is 14.2. The highest BCUT2D eigenvalue weighted by Gasteiger charge is 2.44. The topological polar surface area (TPSA) is 6.48 Å². The van der Waals surface area contributed by atoms with Crippen LogP contribution in [0.3, 0.4) is 0 Å². The Balaban J connectivity index is 1.22. The van der Waals surface area contributed by atoms with Crippen molar-refractivity contribution < 1.29 is 0 Å². The molecule has 2 aliphatic rings. The van der Waals surface area contributed by atoms with Gasteiger partial charge >= 0.3 is 0 Å². The van der Waals surface area contributed by atoms with E-state index >= 15 is 0 Å². The van der Waals surface area contributed by atoms with Crippen LogP contribution < -0.4 is 41.6 Å². The molecule has 0 saturated heterocycles. The molecule has 0 radical (unpaired) electrons. The van der Waals surface area contributed by atoms with E-state index in [4.69, 9.17) is 0 Å². The molecule has 244 valence electrons. The fourth-order valence-corrected chi connectivity index (χ4v) is 13.9. The van der Waals surface area contributed by atoms with Crippen LogP contribution in [-0.2, 0) is 12.8 Å². The van der Waals surface area contributed by atoms with Gasteiger partial charge in [0.1, 0.15) is 0 Å². The van der Waals surface area contributed by atoms with Crippen molar-refractivity contribution in [2.24, 2.45) is 5.41 Å². The lowest BCUT2D eigenvalue weighted by Crippen LogP contribution is -2.54. The van der Waals surface area contributed by atoms with Crippen LogP contribution >= 0.6 is 15.8 Å². The van der Waals surface area contributed by atoms with Crippen LogP contribution in [0.2, 0.25) is 0 Å². The van der Waals surface area contributed by atoms with Gasteiger partial charge in [0.25, 0.3) is 0 Å². The molecule has 0 aromatic heterocycles. The highest BCUT2D eigenvalue weighted by Crippen LogP contribution is 2.48. The minimum atomic E-state index is -0.694. The maximum Gasteiger partial charge on any atom is 0.0481 e. The van der Waals surface area contributed by atoms with Gasteiger partial charge in [0.15, 0.2) is 0 Å². The van der Waals surface area contributed by atoms with Crippen molar-refractivity contribution in [3.63, 3.8) is 0 Å². The molecule has 0 fully saturated rings. The number of fused-ring (bicyclic) bond motifs is 2. The average molecular weight is 675 g/mol.